The number of benzene rings is 1. The number of ether oxygens (including phenoxy) is 2. The first-order chi connectivity index (χ1) is 13.8. The first-order valence-corrected chi connectivity index (χ1v) is 10.0. The Morgan fingerprint density at radius 2 is 1.83 bits per heavy atom. The van der Waals surface area contributed by atoms with Gasteiger partial charge in [0.05, 0.1) is 26.3 Å². The van der Waals surface area contributed by atoms with Gasteiger partial charge in [0.25, 0.3) is 0 Å². The third kappa shape index (κ3) is 4.33. The van der Waals surface area contributed by atoms with Gasteiger partial charge in [-0.25, -0.2) is 4.79 Å². The van der Waals surface area contributed by atoms with E-state index < -0.39 is 12.0 Å². The molecule has 3 rings (SSSR count). The highest BCUT2D eigenvalue weighted by Gasteiger charge is 2.33. The summed E-state index contributed by atoms with van der Waals surface area (Å²) in [5.41, 5.74) is 3.32. The molecule has 0 saturated carbocycles. The molecule has 0 spiro atoms. The van der Waals surface area contributed by atoms with Crippen molar-refractivity contribution in [2.75, 3.05) is 26.1 Å². The molecule has 0 fully saturated rings. The van der Waals surface area contributed by atoms with Crippen molar-refractivity contribution in [3.8, 4) is 0 Å². The Hall–Kier alpha value is -2.71. The van der Waals surface area contributed by atoms with E-state index in [1.54, 1.807) is 4.90 Å². The van der Waals surface area contributed by atoms with Crippen molar-refractivity contribution in [2.24, 2.45) is 0 Å². The van der Waals surface area contributed by atoms with Gasteiger partial charge in [-0.3, -0.25) is 14.5 Å². The average molecular weight is 416 g/mol. The predicted molar refractivity (Wildman–Crippen MR) is 110 cm³/mol. The van der Waals surface area contributed by atoms with Gasteiger partial charge in [0.2, 0.25) is 5.91 Å². The number of methoxy groups -OCH3 is 2. The van der Waals surface area contributed by atoms with E-state index in [9.17, 15) is 14.4 Å². The summed E-state index contributed by atoms with van der Waals surface area (Å²) >= 11 is 1.33. The number of hydrogen-bond donors (Lipinski definition) is 1. The SMILES string of the molecule is COC(=O)c1c(NC(=O)CN2Cc3ccccc3C[C@H]2C(=O)OC)sc(C)c1C. The Balaban J connectivity index is 1.80. The van der Waals surface area contributed by atoms with E-state index >= 15 is 0 Å². The lowest BCUT2D eigenvalue weighted by Crippen LogP contribution is -2.49. The first-order valence-electron chi connectivity index (χ1n) is 9.22. The molecule has 1 amide bonds. The zero-order chi connectivity index (χ0) is 21.1. The molecule has 0 bridgehead atoms. The van der Waals surface area contributed by atoms with Crippen molar-refractivity contribution in [3.05, 3.63) is 51.4 Å². The molecule has 7 nitrogen and oxygen atoms in total. The van der Waals surface area contributed by atoms with Crippen LogP contribution in [0.5, 0.6) is 0 Å². The second-order valence-electron chi connectivity index (χ2n) is 6.94. The summed E-state index contributed by atoms with van der Waals surface area (Å²) in [7, 11) is 2.66. The van der Waals surface area contributed by atoms with Crippen LogP contribution in [-0.4, -0.2) is 49.6 Å². The van der Waals surface area contributed by atoms with Crippen molar-refractivity contribution < 1.29 is 23.9 Å². The summed E-state index contributed by atoms with van der Waals surface area (Å²) in [6, 6.07) is 7.32. The van der Waals surface area contributed by atoms with E-state index in [0.717, 1.165) is 21.6 Å². The minimum Gasteiger partial charge on any atom is -0.468 e. The maximum absolute atomic E-state index is 12.8. The Morgan fingerprint density at radius 1 is 1.14 bits per heavy atom. The van der Waals surface area contributed by atoms with Crippen molar-refractivity contribution in [3.63, 3.8) is 0 Å². The number of aryl methyl sites for hydroxylation is 1. The Bertz CT molecular complexity index is 953. The fourth-order valence-electron chi connectivity index (χ4n) is 3.53. The van der Waals surface area contributed by atoms with Crippen LogP contribution in [0.1, 0.15) is 31.9 Å². The summed E-state index contributed by atoms with van der Waals surface area (Å²) in [4.78, 5) is 39.9. The number of esters is 2. The van der Waals surface area contributed by atoms with Crippen LogP contribution in [0.4, 0.5) is 5.00 Å². The topological polar surface area (TPSA) is 84.9 Å². The molecular formula is C21H24N2O5S. The van der Waals surface area contributed by atoms with E-state index in [4.69, 9.17) is 9.47 Å². The molecule has 0 unspecified atom stereocenters. The number of hydrogen-bond acceptors (Lipinski definition) is 7. The van der Waals surface area contributed by atoms with Crippen LogP contribution in [0, 0.1) is 13.8 Å². The molecule has 1 aromatic heterocycles. The lowest BCUT2D eigenvalue weighted by Gasteiger charge is -2.34. The van der Waals surface area contributed by atoms with E-state index in [1.165, 1.54) is 25.6 Å². The maximum atomic E-state index is 12.8. The molecule has 154 valence electrons. The highest BCUT2D eigenvalue weighted by molar-refractivity contribution is 7.16. The fourth-order valence-corrected chi connectivity index (χ4v) is 4.59. The van der Waals surface area contributed by atoms with Gasteiger partial charge in [-0.2, -0.15) is 0 Å². The van der Waals surface area contributed by atoms with Gasteiger partial charge >= 0.3 is 11.9 Å². The molecule has 0 aliphatic carbocycles. The van der Waals surface area contributed by atoms with E-state index in [0.29, 0.717) is 23.5 Å². The van der Waals surface area contributed by atoms with Crippen LogP contribution in [0.2, 0.25) is 0 Å². The number of amides is 1. The molecule has 1 N–H and O–H groups in total. The van der Waals surface area contributed by atoms with Crippen molar-refractivity contribution in [2.45, 2.75) is 32.9 Å². The number of thiophene rings is 1. The highest BCUT2D eigenvalue weighted by atomic mass is 32.1. The lowest BCUT2D eigenvalue weighted by molar-refractivity contribution is -0.148. The average Bonchev–Trinajstić information content (AvgIpc) is 2.99. The number of fused-ring (bicyclic) bond motifs is 1. The lowest BCUT2D eigenvalue weighted by atomic mass is 9.94. The third-order valence-electron chi connectivity index (χ3n) is 5.19. The molecule has 1 aromatic carbocycles. The number of nitrogens with zero attached hydrogens (tertiary/aromatic N) is 1. The van der Waals surface area contributed by atoms with Gasteiger partial charge < -0.3 is 14.8 Å². The quantitative estimate of drug-likeness (QED) is 0.755. The Kier molecular flexibility index (Phi) is 6.34. The molecule has 2 aromatic rings. The monoisotopic (exact) mass is 416 g/mol. The standard InChI is InChI=1S/C21H24N2O5S/c1-12-13(2)29-19(18(12)21(26)28-4)22-17(24)11-23-10-15-8-6-5-7-14(15)9-16(23)20(25)27-3/h5-8,16H,9-11H2,1-4H3,(H,22,24)/t16-/m0/s1. The van der Waals surface area contributed by atoms with E-state index in [-0.39, 0.29) is 18.4 Å². The molecular weight excluding hydrogens is 392 g/mol. The van der Waals surface area contributed by atoms with Crippen molar-refractivity contribution in [1.82, 2.24) is 4.90 Å². The van der Waals surface area contributed by atoms with E-state index in [2.05, 4.69) is 5.32 Å². The van der Waals surface area contributed by atoms with Crippen LogP contribution in [0.15, 0.2) is 24.3 Å². The first kappa shape index (κ1) is 21.0. The Labute approximate surface area is 173 Å². The van der Waals surface area contributed by atoms with Crippen LogP contribution < -0.4 is 5.32 Å². The molecule has 0 radical (unpaired) electrons. The smallest absolute Gasteiger partial charge is 0.341 e. The highest BCUT2D eigenvalue weighted by Crippen LogP contribution is 2.33. The second-order valence-corrected chi connectivity index (χ2v) is 8.17. The molecule has 1 aliphatic heterocycles. The van der Waals surface area contributed by atoms with Gasteiger partial charge in [0.15, 0.2) is 0 Å². The number of nitrogens with one attached hydrogen (secondary N) is 1. The molecule has 8 heteroatoms. The zero-order valence-electron chi connectivity index (χ0n) is 16.9. The van der Waals surface area contributed by atoms with Gasteiger partial charge in [-0.15, -0.1) is 11.3 Å². The van der Waals surface area contributed by atoms with Crippen LogP contribution >= 0.6 is 11.3 Å². The summed E-state index contributed by atoms with van der Waals surface area (Å²) < 4.78 is 9.80. The van der Waals surface area contributed by atoms with Crippen LogP contribution in [0.25, 0.3) is 0 Å². The molecule has 0 saturated heterocycles. The molecule has 1 atom stereocenters. The van der Waals surface area contributed by atoms with Crippen molar-refractivity contribution >= 4 is 34.2 Å². The maximum Gasteiger partial charge on any atom is 0.341 e. The number of carbonyl (C=O) groups is 3. The summed E-state index contributed by atoms with van der Waals surface area (Å²) in [6.07, 6.45) is 0.487. The van der Waals surface area contributed by atoms with Gasteiger partial charge in [-0.05, 0) is 37.0 Å². The van der Waals surface area contributed by atoms with Gasteiger partial charge in [0, 0.05) is 11.4 Å². The Morgan fingerprint density at radius 3 is 2.48 bits per heavy atom. The number of anilines is 1. The number of rotatable bonds is 5. The normalized spacial score (nSPS) is 16.1. The molecule has 1 aliphatic rings. The second kappa shape index (κ2) is 8.75. The molecule has 2 heterocycles. The summed E-state index contributed by atoms with van der Waals surface area (Å²) in [5.74, 6) is -1.16. The van der Waals surface area contributed by atoms with Crippen LogP contribution in [-0.2, 0) is 32.0 Å². The van der Waals surface area contributed by atoms with Crippen LogP contribution in [0.3, 0.4) is 0 Å². The predicted octanol–water partition coefficient (Wildman–Crippen LogP) is 2.69. The summed E-state index contributed by atoms with van der Waals surface area (Å²) in [6.45, 7) is 4.18. The zero-order valence-corrected chi connectivity index (χ0v) is 17.7. The third-order valence-corrected chi connectivity index (χ3v) is 6.32. The largest absolute Gasteiger partial charge is 0.468 e. The molecule has 29 heavy (non-hydrogen) atoms. The van der Waals surface area contributed by atoms with Crippen molar-refractivity contribution in [1.29, 1.82) is 0 Å². The fraction of sp³-hybridized carbons (Fsp3) is 0.381. The van der Waals surface area contributed by atoms with Gasteiger partial charge in [0.1, 0.15) is 11.0 Å². The summed E-state index contributed by atoms with van der Waals surface area (Å²) in [5, 5.41) is 3.28. The van der Waals surface area contributed by atoms with Gasteiger partial charge in [-0.1, -0.05) is 24.3 Å². The minimum atomic E-state index is -0.535. The van der Waals surface area contributed by atoms with E-state index in [1.807, 2.05) is 38.1 Å². The minimum absolute atomic E-state index is 0.00467. The number of carbonyl (C=O) groups excluding carboxylic acids is 3.